The lowest BCUT2D eigenvalue weighted by Crippen LogP contribution is -2.42. The van der Waals surface area contributed by atoms with Crippen LogP contribution in [0.4, 0.5) is 0 Å². The van der Waals surface area contributed by atoms with E-state index in [0.29, 0.717) is 11.3 Å². The van der Waals surface area contributed by atoms with Gasteiger partial charge in [-0.25, -0.2) is 0 Å². The van der Waals surface area contributed by atoms with Crippen molar-refractivity contribution < 1.29 is 14.7 Å². The zero-order valence-electron chi connectivity index (χ0n) is 15.9. The highest BCUT2D eigenvalue weighted by Crippen LogP contribution is 2.09. The molecule has 0 spiro atoms. The Morgan fingerprint density at radius 3 is 2.35 bits per heavy atom. The Labute approximate surface area is 154 Å². The average molecular weight is 360 g/mol. The van der Waals surface area contributed by atoms with E-state index in [4.69, 9.17) is 0 Å². The fourth-order valence-corrected chi connectivity index (χ4v) is 2.95. The Bertz CT molecular complexity index is 750. The summed E-state index contributed by atoms with van der Waals surface area (Å²) in [6.07, 6.45) is 5.54. The fraction of sp³-hybridized carbons (Fsp3) is 0.474. The minimum Gasteiger partial charge on any atom is -0.389 e. The third-order valence-corrected chi connectivity index (χ3v) is 4.25. The highest BCUT2D eigenvalue weighted by molar-refractivity contribution is 5.94. The monoisotopic (exact) mass is 360 g/mol. The summed E-state index contributed by atoms with van der Waals surface area (Å²) >= 11 is 0. The van der Waals surface area contributed by atoms with Crippen LogP contribution >= 0.6 is 0 Å². The summed E-state index contributed by atoms with van der Waals surface area (Å²) in [5.41, 5.74) is 1.18. The van der Waals surface area contributed by atoms with Crippen LogP contribution in [0, 0.1) is 0 Å². The predicted molar refractivity (Wildman–Crippen MR) is 100 cm³/mol. The van der Waals surface area contributed by atoms with Gasteiger partial charge in [0.15, 0.2) is 0 Å². The number of carbonyl (C=O) groups is 2. The molecule has 0 fully saturated rings. The molecule has 0 saturated carbocycles. The van der Waals surface area contributed by atoms with Crippen molar-refractivity contribution in [3.05, 3.63) is 48.0 Å². The maximum absolute atomic E-state index is 12.6. The number of nitrogens with zero attached hydrogens (tertiary/aromatic N) is 4. The van der Waals surface area contributed by atoms with Crippen molar-refractivity contribution in [2.75, 3.05) is 27.2 Å². The van der Waals surface area contributed by atoms with E-state index in [1.54, 1.807) is 43.2 Å². The van der Waals surface area contributed by atoms with Gasteiger partial charge in [-0.3, -0.25) is 9.59 Å². The number of rotatable bonds is 8. The lowest BCUT2D eigenvalue weighted by atomic mass is 10.2. The second-order valence-electron chi connectivity index (χ2n) is 6.68. The molecule has 2 aromatic rings. The lowest BCUT2D eigenvalue weighted by molar-refractivity contribution is 0.0542. The number of carbonyl (C=O) groups excluding carboxylic acids is 2. The van der Waals surface area contributed by atoms with E-state index in [2.05, 4.69) is 6.92 Å². The van der Waals surface area contributed by atoms with Crippen LogP contribution in [-0.4, -0.2) is 69.1 Å². The van der Waals surface area contributed by atoms with Gasteiger partial charge in [0, 0.05) is 59.4 Å². The third kappa shape index (κ3) is 4.76. The summed E-state index contributed by atoms with van der Waals surface area (Å²) in [7, 11) is 5.15. The molecule has 0 saturated heterocycles. The molecule has 0 aromatic carbocycles. The number of amides is 2. The molecule has 2 aromatic heterocycles. The smallest absolute Gasteiger partial charge is 0.270 e. The van der Waals surface area contributed by atoms with Crippen LogP contribution in [0.2, 0.25) is 0 Å². The Kier molecular flexibility index (Phi) is 6.63. The van der Waals surface area contributed by atoms with E-state index in [-0.39, 0.29) is 24.9 Å². The minimum absolute atomic E-state index is 0.139. The Hall–Kier alpha value is -2.54. The molecule has 1 unspecified atom stereocenters. The summed E-state index contributed by atoms with van der Waals surface area (Å²) in [4.78, 5) is 27.9. The van der Waals surface area contributed by atoms with Gasteiger partial charge in [-0.2, -0.15) is 0 Å². The zero-order chi connectivity index (χ0) is 19.3. The van der Waals surface area contributed by atoms with Crippen LogP contribution in [0.1, 0.15) is 34.2 Å². The molecule has 0 aliphatic rings. The number of aromatic nitrogens is 2. The number of aliphatic hydroxyl groups is 1. The van der Waals surface area contributed by atoms with Crippen molar-refractivity contribution in [1.29, 1.82) is 0 Å². The van der Waals surface area contributed by atoms with Crippen LogP contribution in [0.15, 0.2) is 36.8 Å². The summed E-state index contributed by atoms with van der Waals surface area (Å²) in [5, 5.41) is 10.3. The molecule has 2 amide bonds. The van der Waals surface area contributed by atoms with Gasteiger partial charge in [0.2, 0.25) is 0 Å². The molecule has 7 heteroatoms. The number of aryl methyl sites for hydroxylation is 2. The van der Waals surface area contributed by atoms with Crippen molar-refractivity contribution in [3.8, 4) is 0 Å². The predicted octanol–water partition coefficient (Wildman–Crippen LogP) is 1.44. The summed E-state index contributed by atoms with van der Waals surface area (Å²) in [5.74, 6) is -0.296. The van der Waals surface area contributed by atoms with E-state index in [9.17, 15) is 14.7 Å². The normalized spacial score (nSPS) is 12.0. The van der Waals surface area contributed by atoms with Gasteiger partial charge in [-0.15, -0.1) is 0 Å². The van der Waals surface area contributed by atoms with Crippen molar-refractivity contribution in [2.45, 2.75) is 26.0 Å². The first-order valence-corrected chi connectivity index (χ1v) is 8.79. The Morgan fingerprint density at radius 1 is 1.12 bits per heavy atom. The average Bonchev–Trinajstić information content (AvgIpc) is 3.22. The van der Waals surface area contributed by atoms with Crippen molar-refractivity contribution in [2.24, 2.45) is 7.05 Å². The Morgan fingerprint density at radius 2 is 1.77 bits per heavy atom. The SMILES string of the molecule is CCCn1cccc1C(=O)N(C)CC(O)CN(C)C(=O)c1ccn(C)c1. The number of likely N-dealkylation sites (N-methyl/N-ethyl adjacent to an activating group) is 2. The highest BCUT2D eigenvalue weighted by Gasteiger charge is 2.21. The first kappa shape index (κ1) is 19.8. The second-order valence-corrected chi connectivity index (χ2v) is 6.68. The van der Waals surface area contributed by atoms with Crippen LogP contribution in [0.25, 0.3) is 0 Å². The molecule has 142 valence electrons. The van der Waals surface area contributed by atoms with Gasteiger partial charge in [-0.05, 0) is 24.6 Å². The molecule has 26 heavy (non-hydrogen) atoms. The van der Waals surface area contributed by atoms with Crippen molar-refractivity contribution in [1.82, 2.24) is 18.9 Å². The number of aliphatic hydroxyl groups excluding tert-OH is 1. The molecule has 0 radical (unpaired) electrons. The van der Waals surface area contributed by atoms with E-state index in [0.717, 1.165) is 13.0 Å². The maximum atomic E-state index is 12.6. The third-order valence-electron chi connectivity index (χ3n) is 4.25. The van der Waals surface area contributed by atoms with Gasteiger partial charge in [0.05, 0.1) is 11.7 Å². The maximum Gasteiger partial charge on any atom is 0.270 e. The van der Waals surface area contributed by atoms with Crippen LogP contribution < -0.4 is 0 Å². The summed E-state index contributed by atoms with van der Waals surface area (Å²) in [6, 6.07) is 5.37. The van der Waals surface area contributed by atoms with Crippen molar-refractivity contribution >= 4 is 11.8 Å². The number of hydrogen-bond donors (Lipinski definition) is 1. The van der Waals surface area contributed by atoms with E-state index in [1.807, 2.05) is 23.9 Å². The topological polar surface area (TPSA) is 70.7 Å². The molecule has 7 nitrogen and oxygen atoms in total. The van der Waals surface area contributed by atoms with Gasteiger partial charge in [0.1, 0.15) is 5.69 Å². The first-order chi connectivity index (χ1) is 12.3. The molecule has 2 heterocycles. The van der Waals surface area contributed by atoms with E-state index >= 15 is 0 Å². The van der Waals surface area contributed by atoms with Crippen LogP contribution in [0.3, 0.4) is 0 Å². The quantitative estimate of drug-likeness (QED) is 0.774. The van der Waals surface area contributed by atoms with Gasteiger partial charge < -0.3 is 24.0 Å². The van der Waals surface area contributed by atoms with E-state index < -0.39 is 6.10 Å². The fourth-order valence-electron chi connectivity index (χ4n) is 2.95. The summed E-state index contributed by atoms with van der Waals surface area (Å²) in [6.45, 7) is 3.14. The Balaban J connectivity index is 1.91. The standard InChI is InChI=1S/C19H28N4O3/c1-5-9-23-10-6-7-17(23)19(26)22(4)14-16(24)13-21(3)18(25)15-8-11-20(2)12-15/h6-8,10-12,16,24H,5,9,13-14H2,1-4H3. The van der Waals surface area contributed by atoms with Gasteiger partial charge in [-0.1, -0.05) is 6.92 Å². The van der Waals surface area contributed by atoms with Gasteiger partial charge in [0.25, 0.3) is 11.8 Å². The largest absolute Gasteiger partial charge is 0.389 e. The minimum atomic E-state index is -0.823. The molecule has 0 aliphatic heterocycles. The molecule has 1 N–H and O–H groups in total. The van der Waals surface area contributed by atoms with Crippen LogP contribution in [-0.2, 0) is 13.6 Å². The molecule has 0 aliphatic carbocycles. The van der Waals surface area contributed by atoms with Gasteiger partial charge >= 0.3 is 0 Å². The first-order valence-electron chi connectivity index (χ1n) is 8.79. The summed E-state index contributed by atoms with van der Waals surface area (Å²) < 4.78 is 3.71. The zero-order valence-corrected chi connectivity index (χ0v) is 15.9. The molecular formula is C19H28N4O3. The second kappa shape index (κ2) is 8.71. The highest BCUT2D eigenvalue weighted by atomic mass is 16.3. The molecule has 2 rings (SSSR count). The molecule has 1 atom stereocenters. The lowest BCUT2D eigenvalue weighted by Gasteiger charge is -2.25. The molecule has 0 bridgehead atoms. The molecular weight excluding hydrogens is 332 g/mol. The van der Waals surface area contributed by atoms with E-state index in [1.165, 1.54) is 9.80 Å². The number of hydrogen-bond acceptors (Lipinski definition) is 3. The van der Waals surface area contributed by atoms with Crippen LogP contribution in [0.5, 0.6) is 0 Å². The van der Waals surface area contributed by atoms with Crippen molar-refractivity contribution in [3.63, 3.8) is 0 Å².